The van der Waals surface area contributed by atoms with E-state index in [1.807, 2.05) is 0 Å². The molecule has 2 atom stereocenters. The molecule has 0 aromatic heterocycles. The third-order valence-corrected chi connectivity index (χ3v) is 5.76. The van der Waals surface area contributed by atoms with Crippen molar-refractivity contribution in [2.75, 3.05) is 19.7 Å². The number of hydrogen-bond donors (Lipinski definition) is 1. The molecule has 128 valence electrons. The molecule has 1 aliphatic rings. The van der Waals surface area contributed by atoms with Crippen molar-refractivity contribution >= 4 is 0 Å². The molecule has 24 heavy (non-hydrogen) atoms. The Hall–Kier alpha value is -1.64. The van der Waals surface area contributed by atoms with Gasteiger partial charge in [-0.3, -0.25) is 4.90 Å². The zero-order valence-corrected chi connectivity index (χ0v) is 14.9. The summed E-state index contributed by atoms with van der Waals surface area (Å²) in [5.41, 5.74) is 3.01. The first kappa shape index (κ1) is 17.2. The van der Waals surface area contributed by atoms with Crippen molar-refractivity contribution in [1.29, 1.82) is 0 Å². The summed E-state index contributed by atoms with van der Waals surface area (Å²) in [5, 5.41) is 9.24. The van der Waals surface area contributed by atoms with Gasteiger partial charge >= 0.3 is 0 Å². The summed E-state index contributed by atoms with van der Waals surface area (Å²) in [7, 11) is 0. The monoisotopic (exact) mass is 323 g/mol. The lowest BCUT2D eigenvalue weighted by atomic mass is 9.77. The smallest absolute Gasteiger partial charge is 0.0602 e. The third kappa shape index (κ3) is 3.55. The van der Waals surface area contributed by atoms with E-state index in [2.05, 4.69) is 79.4 Å². The number of hydrogen-bond acceptors (Lipinski definition) is 2. The minimum absolute atomic E-state index is 0.282. The van der Waals surface area contributed by atoms with E-state index in [1.54, 1.807) is 0 Å². The predicted molar refractivity (Wildman–Crippen MR) is 99.9 cm³/mol. The first-order valence-electron chi connectivity index (χ1n) is 9.09. The molecule has 2 nitrogen and oxygen atoms in total. The largest absolute Gasteiger partial charge is 0.396 e. The first-order chi connectivity index (χ1) is 11.6. The highest BCUT2D eigenvalue weighted by atomic mass is 16.2. The van der Waals surface area contributed by atoms with Gasteiger partial charge in [0.15, 0.2) is 0 Å². The minimum atomic E-state index is 0.282. The molecule has 0 spiro atoms. The second-order valence-corrected chi connectivity index (χ2v) is 7.54. The van der Waals surface area contributed by atoms with Gasteiger partial charge in [-0.15, -0.1) is 0 Å². The molecule has 0 saturated carbocycles. The van der Waals surface area contributed by atoms with Crippen molar-refractivity contribution in [1.82, 2.24) is 4.90 Å². The van der Waals surface area contributed by atoms with Crippen LogP contribution in [0.5, 0.6) is 0 Å². The zero-order chi connectivity index (χ0) is 17.0. The fourth-order valence-corrected chi connectivity index (χ4v) is 4.15. The average molecular weight is 323 g/mol. The Morgan fingerprint density at radius 1 is 1.04 bits per heavy atom. The standard InChI is InChI=1S/C22H29NO/c1-18-16-23(17-22(18,2)14-9-15-24)21(19-10-5-3-6-11-19)20-12-7-4-8-13-20/h3-8,10-13,18,21,24H,9,14-17H2,1-2H3/t18-,22-/m0/s1. The molecule has 0 radical (unpaired) electrons. The highest BCUT2D eigenvalue weighted by molar-refractivity contribution is 5.32. The lowest BCUT2D eigenvalue weighted by Gasteiger charge is -2.31. The molecule has 1 heterocycles. The number of aliphatic hydroxyl groups excluding tert-OH is 1. The topological polar surface area (TPSA) is 23.5 Å². The van der Waals surface area contributed by atoms with Crippen LogP contribution >= 0.6 is 0 Å². The summed E-state index contributed by atoms with van der Waals surface area (Å²) < 4.78 is 0. The molecule has 2 heteroatoms. The van der Waals surface area contributed by atoms with E-state index in [4.69, 9.17) is 0 Å². The Labute approximate surface area is 146 Å². The Balaban J connectivity index is 1.90. The summed E-state index contributed by atoms with van der Waals surface area (Å²) in [4.78, 5) is 2.63. The first-order valence-corrected chi connectivity index (χ1v) is 9.09. The maximum Gasteiger partial charge on any atom is 0.0602 e. The molecule has 1 fully saturated rings. The van der Waals surface area contributed by atoms with Gasteiger partial charge in [-0.25, -0.2) is 0 Å². The highest BCUT2D eigenvalue weighted by Gasteiger charge is 2.42. The second-order valence-electron chi connectivity index (χ2n) is 7.54. The van der Waals surface area contributed by atoms with Crippen LogP contribution in [0.4, 0.5) is 0 Å². The summed E-state index contributed by atoms with van der Waals surface area (Å²) in [5.74, 6) is 0.638. The van der Waals surface area contributed by atoms with Crippen molar-refractivity contribution < 1.29 is 5.11 Å². The molecule has 0 amide bonds. The van der Waals surface area contributed by atoms with Crippen LogP contribution < -0.4 is 0 Å². The molecule has 1 saturated heterocycles. The number of nitrogens with zero attached hydrogens (tertiary/aromatic N) is 1. The SMILES string of the molecule is C[C@H]1CN(C(c2ccccc2)c2ccccc2)C[C@]1(C)CCCO. The quantitative estimate of drug-likeness (QED) is 0.845. The van der Waals surface area contributed by atoms with Crippen LogP contribution in [0, 0.1) is 11.3 Å². The van der Waals surface area contributed by atoms with Gasteiger partial charge in [0.1, 0.15) is 0 Å². The molecular formula is C22H29NO. The molecule has 0 aliphatic carbocycles. The number of rotatable bonds is 6. The van der Waals surface area contributed by atoms with E-state index in [0.29, 0.717) is 18.6 Å². The summed E-state index contributed by atoms with van der Waals surface area (Å²) in [6.07, 6.45) is 1.99. The zero-order valence-electron chi connectivity index (χ0n) is 14.9. The van der Waals surface area contributed by atoms with E-state index >= 15 is 0 Å². The van der Waals surface area contributed by atoms with Gasteiger partial charge < -0.3 is 5.11 Å². The van der Waals surface area contributed by atoms with Gasteiger partial charge in [0.05, 0.1) is 6.04 Å². The minimum Gasteiger partial charge on any atom is -0.396 e. The van der Waals surface area contributed by atoms with Crippen molar-refractivity contribution in [3.05, 3.63) is 71.8 Å². The van der Waals surface area contributed by atoms with E-state index < -0.39 is 0 Å². The van der Waals surface area contributed by atoms with E-state index in [9.17, 15) is 5.11 Å². The van der Waals surface area contributed by atoms with Gasteiger partial charge in [-0.2, -0.15) is 0 Å². The molecule has 2 aromatic carbocycles. The average Bonchev–Trinajstić information content (AvgIpc) is 2.90. The predicted octanol–water partition coefficient (Wildman–Crippen LogP) is 4.51. The number of benzene rings is 2. The van der Waals surface area contributed by atoms with Gasteiger partial charge in [0, 0.05) is 19.7 Å². The van der Waals surface area contributed by atoms with Gasteiger partial charge in [-0.1, -0.05) is 74.5 Å². The molecule has 0 bridgehead atoms. The Kier molecular flexibility index (Phi) is 5.37. The van der Waals surface area contributed by atoms with Crippen LogP contribution in [-0.2, 0) is 0 Å². The molecular weight excluding hydrogens is 294 g/mol. The van der Waals surface area contributed by atoms with Crippen molar-refractivity contribution in [2.24, 2.45) is 11.3 Å². The Morgan fingerprint density at radius 3 is 2.08 bits per heavy atom. The van der Waals surface area contributed by atoms with Crippen LogP contribution in [-0.4, -0.2) is 29.7 Å². The number of likely N-dealkylation sites (tertiary alicyclic amines) is 1. The fraction of sp³-hybridized carbons (Fsp3) is 0.455. The van der Waals surface area contributed by atoms with Crippen LogP contribution in [0.2, 0.25) is 0 Å². The summed E-state index contributed by atoms with van der Waals surface area (Å²) in [6, 6.07) is 22.0. The van der Waals surface area contributed by atoms with Gasteiger partial charge in [0.25, 0.3) is 0 Å². The van der Waals surface area contributed by atoms with E-state index in [-0.39, 0.29) is 5.41 Å². The third-order valence-electron chi connectivity index (χ3n) is 5.76. The van der Waals surface area contributed by atoms with Crippen LogP contribution in [0.25, 0.3) is 0 Å². The second kappa shape index (κ2) is 7.50. The maximum atomic E-state index is 9.24. The maximum absolute atomic E-state index is 9.24. The van der Waals surface area contributed by atoms with E-state index in [0.717, 1.165) is 25.9 Å². The Morgan fingerprint density at radius 2 is 1.58 bits per heavy atom. The van der Waals surface area contributed by atoms with Crippen LogP contribution in [0.3, 0.4) is 0 Å². The molecule has 0 unspecified atom stereocenters. The van der Waals surface area contributed by atoms with Gasteiger partial charge in [-0.05, 0) is 35.3 Å². The molecule has 1 N–H and O–H groups in total. The van der Waals surface area contributed by atoms with Crippen molar-refractivity contribution in [3.8, 4) is 0 Å². The molecule has 1 aliphatic heterocycles. The Bertz CT molecular complexity index is 587. The van der Waals surface area contributed by atoms with Crippen molar-refractivity contribution in [2.45, 2.75) is 32.7 Å². The molecule has 3 rings (SSSR count). The number of aliphatic hydroxyl groups is 1. The normalized spacial score (nSPS) is 24.6. The fourth-order valence-electron chi connectivity index (χ4n) is 4.15. The molecule has 2 aromatic rings. The highest BCUT2D eigenvalue weighted by Crippen LogP contribution is 2.44. The van der Waals surface area contributed by atoms with Crippen LogP contribution in [0.15, 0.2) is 60.7 Å². The lowest BCUT2D eigenvalue weighted by molar-refractivity contribution is 0.189. The van der Waals surface area contributed by atoms with Crippen molar-refractivity contribution in [3.63, 3.8) is 0 Å². The lowest BCUT2D eigenvalue weighted by Crippen LogP contribution is -2.30. The van der Waals surface area contributed by atoms with E-state index in [1.165, 1.54) is 11.1 Å². The van der Waals surface area contributed by atoms with Crippen LogP contribution in [0.1, 0.15) is 43.9 Å². The van der Waals surface area contributed by atoms with Gasteiger partial charge in [0.2, 0.25) is 0 Å². The summed E-state index contributed by atoms with van der Waals surface area (Å²) in [6.45, 7) is 7.24. The summed E-state index contributed by atoms with van der Waals surface area (Å²) >= 11 is 0.